The summed E-state index contributed by atoms with van der Waals surface area (Å²) in [5, 5.41) is 10.1. The molecule has 2 aliphatic rings. The summed E-state index contributed by atoms with van der Waals surface area (Å²) >= 11 is 0. The van der Waals surface area contributed by atoms with Crippen molar-refractivity contribution in [3.8, 4) is 28.4 Å². The Hall–Kier alpha value is -4.01. The molecule has 1 aromatic heterocycles. The summed E-state index contributed by atoms with van der Waals surface area (Å²) in [5.41, 5.74) is 2.01. The molecule has 1 unspecified atom stereocenters. The van der Waals surface area contributed by atoms with E-state index >= 15 is 0 Å². The van der Waals surface area contributed by atoms with Crippen LogP contribution in [0.15, 0.2) is 48.7 Å². The third-order valence-electron chi connectivity index (χ3n) is 5.07. The van der Waals surface area contributed by atoms with Crippen LogP contribution in [0.1, 0.15) is 12.5 Å². The van der Waals surface area contributed by atoms with Gasteiger partial charge in [-0.3, -0.25) is 9.59 Å². The van der Waals surface area contributed by atoms with Gasteiger partial charge in [-0.15, -0.1) is 0 Å². The molecule has 5 rings (SSSR count). The van der Waals surface area contributed by atoms with Crippen molar-refractivity contribution in [1.29, 1.82) is 0 Å². The highest BCUT2D eigenvalue weighted by molar-refractivity contribution is 6.03. The van der Waals surface area contributed by atoms with Gasteiger partial charge < -0.3 is 24.8 Å². The van der Waals surface area contributed by atoms with Crippen LogP contribution in [0, 0.1) is 0 Å². The van der Waals surface area contributed by atoms with Crippen molar-refractivity contribution < 1.29 is 23.8 Å². The zero-order valence-electron chi connectivity index (χ0n) is 16.0. The predicted molar refractivity (Wildman–Crippen MR) is 108 cm³/mol. The first kappa shape index (κ1) is 18.0. The van der Waals surface area contributed by atoms with Crippen LogP contribution in [0.5, 0.6) is 17.2 Å². The fourth-order valence-electron chi connectivity index (χ4n) is 3.64. The average molecular weight is 406 g/mol. The van der Waals surface area contributed by atoms with Gasteiger partial charge in [0.2, 0.25) is 18.6 Å². The number of aromatic nitrogens is 2. The highest BCUT2D eigenvalue weighted by Gasteiger charge is 2.34. The number of rotatable bonds is 4. The van der Waals surface area contributed by atoms with E-state index < -0.39 is 6.04 Å². The number of benzene rings is 2. The maximum atomic E-state index is 13.0. The zero-order chi connectivity index (χ0) is 20.7. The molecule has 2 N–H and O–H groups in total. The lowest BCUT2D eigenvalue weighted by atomic mass is 10.1. The number of nitrogens with zero attached hydrogens (tertiary/aromatic N) is 2. The second-order valence-electron chi connectivity index (χ2n) is 6.88. The highest BCUT2D eigenvalue weighted by atomic mass is 16.7. The van der Waals surface area contributed by atoms with Gasteiger partial charge in [0.1, 0.15) is 17.6 Å². The zero-order valence-corrected chi connectivity index (χ0v) is 16.0. The number of hydrogen-bond donors (Lipinski definition) is 2. The van der Waals surface area contributed by atoms with Crippen LogP contribution in [0.4, 0.5) is 11.5 Å². The average Bonchev–Trinajstić information content (AvgIpc) is 3.39. The largest absolute Gasteiger partial charge is 0.496 e. The SMILES string of the molecule is COc1ccccc1-c1cnn2c1NC(=O)CC2C(=O)Nc1ccc2c(c1)OCO2. The molecule has 3 aromatic rings. The van der Waals surface area contributed by atoms with Crippen molar-refractivity contribution in [3.05, 3.63) is 48.7 Å². The van der Waals surface area contributed by atoms with E-state index in [9.17, 15) is 9.59 Å². The van der Waals surface area contributed by atoms with E-state index in [1.807, 2.05) is 24.3 Å². The van der Waals surface area contributed by atoms with E-state index in [0.29, 0.717) is 34.3 Å². The quantitative estimate of drug-likeness (QED) is 0.691. The molecule has 0 fully saturated rings. The number of anilines is 2. The van der Waals surface area contributed by atoms with Gasteiger partial charge in [-0.25, -0.2) is 4.68 Å². The molecular weight excluding hydrogens is 388 g/mol. The van der Waals surface area contributed by atoms with Crippen LogP contribution in [0.3, 0.4) is 0 Å². The maximum absolute atomic E-state index is 13.0. The number of amides is 2. The molecular formula is C21H18N4O5. The van der Waals surface area contributed by atoms with Gasteiger partial charge in [0.15, 0.2) is 11.5 Å². The summed E-state index contributed by atoms with van der Waals surface area (Å²) in [6.45, 7) is 0.151. The molecule has 9 nitrogen and oxygen atoms in total. The number of methoxy groups -OCH3 is 1. The van der Waals surface area contributed by atoms with Crippen molar-refractivity contribution in [1.82, 2.24) is 9.78 Å². The summed E-state index contributed by atoms with van der Waals surface area (Å²) in [4.78, 5) is 25.4. The first-order valence-electron chi connectivity index (χ1n) is 9.35. The number of carbonyl (C=O) groups excluding carboxylic acids is 2. The van der Waals surface area contributed by atoms with Crippen LogP contribution in [0.2, 0.25) is 0 Å². The molecule has 0 saturated heterocycles. The second-order valence-corrected chi connectivity index (χ2v) is 6.88. The van der Waals surface area contributed by atoms with Crippen molar-refractivity contribution in [2.24, 2.45) is 0 Å². The smallest absolute Gasteiger partial charge is 0.249 e. The molecule has 2 amide bonds. The minimum atomic E-state index is -0.789. The highest BCUT2D eigenvalue weighted by Crippen LogP contribution is 2.39. The fourth-order valence-corrected chi connectivity index (χ4v) is 3.64. The van der Waals surface area contributed by atoms with Crippen LogP contribution in [0.25, 0.3) is 11.1 Å². The summed E-state index contributed by atoms with van der Waals surface area (Å²) in [6.07, 6.45) is 1.61. The van der Waals surface area contributed by atoms with Crippen molar-refractivity contribution >= 4 is 23.3 Å². The van der Waals surface area contributed by atoms with Crippen molar-refractivity contribution in [2.75, 3.05) is 24.5 Å². The van der Waals surface area contributed by atoms with Gasteiger partial charge >= 0.3 is 0 Å². The number of carbonyl (C=O) groups is 2. The Morgan fingerprint density at radius 3 is 2.90 bits per heavy atom. The normalized spacial score (nSPS) is 16.6. The minimum absolute atomic E-state index is 0.0174. The minimum Gasteiger partial charge on any atom is -0.496 e. The molecule has 0 aliphatic carbocycles. The van der Waals surface area contributed by atoms with E-state index in [1.165, 1.54) is 4.68 Å². The summed E-state index contributed by atoms with van der Waals surface area (Å²) in [6, 6.07) is 11.8. The van der Waals surface area contributed by atoms with Gasteiger partial charge in [0.25, 0.3) is 0 Å². The van der Waals surface area contributed by atoms with Gasteiger partial charge in [0.05, 0.1) is 19.7 Å². The molecule has 0 saturated carbocycles. The predicted octanol–water partition coefficient (Wildman–Crippen LogP) is 2.81. The van der Waals surface area contributed by atoms with E-state index in [0.717, 1.165) is 5.56 Å². The van der Waals surface area contributed by atoms with Crippen molar-refractivity contribution in [2.45, 2.75) is 12.5 Å². The number of ether oxygens (including phenoxy) is 3. The Labute approximate surface area is 171 Å². The molecule has 1 atom stereocenters. The van der Waals surface area contributed by atoms with Gasteiger partial charge in [-0.2, -0.15) is 5.10 Å². The molecule has 2 aliphatic heterocycles. The fraction of sp³-hybridized carbons (Fsp3) is 0.190. The topological polar surface area (TPSA) is 104 Å². The van der Waals surface area contributed by atoms with Crippen LogP contribution in [-0.2, 0) is 9.59 Å². The molecule has 0 radical (unpaired) electrons. The Kier molecular flexibility index (Phi) is 4.27. The molecule has 0 bridgehead atoms. The molecule has 152 valence electrons. The third kappa shape index (κ3) is 3.00. The molecule has 3 heterocycles. The molecule has 2 aromatic carbocycles. The van der Waals surface area contributed by atoms with E-state index in [1.54, 1.807) is 31.5 Å². The van der Waals surface area contributed by atoms with Crippen molar-refractivity contribution in [3.63, 3.8) is 0 Å². The van der Waals surface area contributed by atoms with Crippen LogP contribution in [-0.4, -0.2) is 35.5 Å². The van der Waals surface area contributed by atoms with E-state index in [4.69, 9.17) is 14.2 Å². The van der Waals surface area contributed by atoms with E-state index in [2.05, 4.69) is 15.7 Å². The summed E-state index contributed by atoms with van der Waals surface area (Å²) in [5.74, 6) is 1.69. The Morgan fingerprint density at radius 2 is 2.03 bits per heavy atom. The molecule has 9 heteroatoms. The summed E-state index contributed by atoms with van der Waals surface area (Å²) < 4.78 is 17.6. The van der Waals surface area contributed by atoms with Gasteiger partial charge in [0, 0.05) is 22.9 Å². The van der Waals surface area contributed by atoms with Gasteiger partial charge in [-0.05, 0) is 18.2 Å². The second kappa shape index (κ2) is 7.11. The third-order valence-corrected chi connectivity index (χ3v) is 5.07. The van der Waals surface area contributed by atoms with Crippen LogP contribution >= 0.6 is 0 Å². The Bertz CT molecular complexity index is 1160. The number of hydrogen-bond acceptors (Lipinski definition) is 6. The number of fused-ring (bicyclic) bond motifs is 2. The van der Waals surface area contributed by atoms with Gasteiger partial charge in [-0.1, -0.05) is 18.2 Å². The first-order chi connectivity index (χ1) is 14.6. The Morgan fingerprint density at radius 1 is 1.20 bits per heavy atom. The Balaban J connectivity index is 1.46. The van der Waals surface area contributed by atoms with E-state index in [-0.39, 0.29) is 25.0 Å². The summed E-state index contributed by atoms with van der Waals surface area (Å²) in [7, 11) is 1.58. The number of nitrogens with one attached hydrogen (secondary N) is 2. The number of para-hydroxylation sites is 1. The van der Waals surface area contributed by atoms with Crippen LogP contribution < -0.4 is 24.8 Å². The standard InChI is InChI=1S/C21H18N4O5/c1-28-16-5-3-2-4-13(16)14-10-22-25-15(9-19(26)24-20(14)25)21(27)23-12-6-7-17-18(8-12)30-11-29-17/h2-8,10,15H,9,11H2,1H3,(H,23,27)(H,24,26). The molecule has 30 heavy (non-hydrogen) atoms. The lowest BCUT2D eigenvalue weighted by Gasteiger charge is -2.24. The first-order valence-corrected chi connectivity index (χ1v) is 9.35. The maximum Gasteiger partial charge on any atom is 0.249 e. The monoisotopic (exact) mass is 406 g/mol. The molecule has 0 spiro atoms. The lowest BCUT2D eigenvalue weighted by Crippen LogP contribution is -2.35. The lowest BCUT2D eigenvalue weighted by molar-refractivity contribution is -0.125.